The van der Waals surface area contributed by atoms with Gasteiger partial charge in [0.2, 0.25) is 0 Å². The molecule has 0 atom stereocenters. The molecule has 2 heterocycles. The van der Waals surface area contributed by atoms with Gasteiger partial charge < -0.3 is 4.74 Å². The van der Waals surface area contributed by atoms with Crippen molar-refractivity contribution in [3.05, 3.63) is 78.0 Å². The molecule has 0 saturated heterocycles. The number of carbonyl (C=O) groups excluding carboxylic acids is 1. The van der Waals surface area contributed by atoms with Crippen molar-refractivity contribution >= 4 is 5.97 Å². The molecule has 23 heavy (non-hydrogen) atoms. The molecule has 112 valence electrons. The van der Waals surface area contributed by atoms with Gasteiger partial charge in [-0.05, 0) is 17.2 Å². The predicted molar refractivity (Wildman–Crippen MR) is 89.1 cm³/mol. The molecule has 0 saturated carbocycles. The minimum atomic E-state index is -0.331. The fourth-order valence-corrected chi connectivity index (χ4v) is 2.90. The third-order valence-electron chi connectivity index (χ3n) is 4.03. The molecule has 1 aromatic heterocycles. The molecule has 1 aliphatic heterocycles. The Morgan fingerprint density at radius 3 is 2.17 bits per heavy atom. The van der Waals surface area contributed by atoms with Crippen LogP contribution in [0.3, 0.4) is 0 Å². The Balaban J connectivity index is 1.98. The van der Waals surface area contributed by atoms with Crippen molar-refractivity contribution in [3.8, 4) is 22.4 Å². The van der Waals surface area contributed by atoms with Crippen LogP contribution in [-0.4, -0.2) is 17.6 Å². The fourth-order valence-electron chi connectivity index (χ4n) is 2.90. The molecule has 0 aliphatic carbocycles. The molecular formula is C20H15NO2. The van der Waals surface area contributed by atoms with E-state index in [0.717, 1.165) is 27.9 Å². The number of pyridine rings is 1. The number of nitrogens with zero attached hydrogens (tertiary/aromatic N) is 1. The zero-order valence-electron chi connectivity index (χ0n) is 12.5. The summed E-state index contributed by atoms with van der Waals surface area (Å²) in [7, 11) is 0. The summed E-state index contributed by atoms with van der Waals surface area (Å²) in [5.41, 5.74) is 5.35. The summed E-state index contributed by atoms with van der Waals surface area (Å²) in [5, 5.41) is 0. The molecule has 0 spiro atoms. The monoisotopic (exact) mass is 301 g/mol. The second-order valence-corrected chi connectivity index (χ2v) is 5.51. The van der Waals surface area contributed by atoms with E-state index in [9.17, 15) is 4.79 Å². The number of carbonyl (C=O) groups is 1. The molecule has 0 radical (unpaired) electrons. The molecule has 3 aromatic rings. The number of esters is 1. The molecule has 0 bridgehead atoms. The Morgan fingerprint density at radius 1 is 0.826 bits per heavy atom. The summed E-state index contributed by atoms with van der Waals surface area (Å²) >= 11 is 0. The maximum atomic E-state index is 12.0. The normalized spacial score (nSPS) is 13.3. The SMILES string of the molecule is O=C1OCCc2cc(-c3ccccc3)c(-c3ccccc3)nc21. The quantitative estimate of drug-likeness (QED) is 0.668. The van der Waals surface area contributed by atoms with E-state index in [0.29, 0.717) is 18.7 Å². The van der Waals surface area contributed by atoms with Crippen molar-refractivity contribution < 1.29 is 9.53 Å². The molecule has 3 heteroatoms. The molecule has 0 amide bonds. The first-order valence-electron chi connectivity index (χ1n) is 7.65. The summed E-state index contributed by atoms with van der Waals surface area (Å²) in [6.45, 7) is 0.423. The number of fused-ring (bicyclic) bond motifs is 1. The van der Waals surface area contributed by atoms with Crippen molar-refractivity contribution in [1.29, 1.82) is 0 Å². The molecule has 1 aliphatic rings. The van der Waals surface area contributed by atoms with Gasteiger partial charge in [-0.15, -0.1) is 0 Å². The Kier molecular flexibility index (Phi) is 3.39. The average Bonchev–Trinajstić information content (AvgIpc) is 2.63. The first kappa shape index (κ1) is 13.7. The van der Waals surface area contributed by atoms with Crippen LogP contribution in [0.5, 0.6) is 0 Å². The predicted octanol–water partition coefficient (Wildman–Crippen LogP) is 4.13. The van der Waals surface area contributed by atoms with Gasteiger partial charge in [0.15, 0.2) is 5.69 Å². The van der Waals surface area contributed by atoms with E-state index in [1.54, 1.807) is 0 Å². The highest BCUT2D eigenvalue weighted by atomic mass is 16.5. The van der Waals surface area contributed by atoms with E-state index < -0.39 is 0 Å². The van der Waals surface area contributed by atoms with Crippen LogP contribution in [0.2, 0.25) is 0 Å². The molecular weight excluding hydrogens is 286 g/mol. The maximum absolute atomic E-state index is 12.0. The summed E-state index contributed by atoms with van der Waals surface area (Å²) in [6.07, 6.45) is 0.711. The zero-order chi connectivity index (χ0) is 15.6. The van der Waals surface area contributed by atoms with Gasteiger partial charge in [-0.25, -0.2) is 9.78 Å². The van der Waals surface area contributed by atoms with E-state index >= 15 is 0 Å². The number of hydrogen-bond acceptors (Lipinski definition) is 3. The van der Waals surface area contributed by atoms with Crippen LogP contribution in [0, 0.1) is 0 Å². The van der Waals surface area contributed by atoms with Gasteiger partial charge in [-0.2, -0.15) is 0 Å². The van der Waals surface area contributed by atoms with E-state index in [-0.39, 0.29) is 5.97 Å². The number of benzene rings is 2. The van der Waals surface area contributed by atoms with Crippen LogP contribution >= 0.6 is 0 Å². The summed E-state index contributed by atoms with van der Waals surface area (Å²) in [6, 6.07) is 22.2. The first-order chi connectivity index (χ1) is 11.3. The Labute approximate surface area is 134 Å². The minimum Gasteiger partial charge on any atom is -0.461 e. The first-order valence-corrected chi connectivity index (χ1v) is 7.65. The van der Waals surface area contributed by atoms with Crippen molar-refractivity contribution in [2.75, 3.05) is 6.61 Å². The van der Waals surface area contributed by atoms with Gasteiger partial charge in [-0.1, -0.05) is 60.7 Å². The second-order valence-electron chi connectivity index (χ2n) is 5.51. The van der Waals surface area contributed by atoms with Gasteiger partial charge >= 0.3 is 5.97 Å². The lowest BCUT2D eigenvalue weighted by Gasteiger charge is -2.19. The van der Waals surface area contributed by atoms with Crippen LogP contribution < -0.4 is 0 Å². The molecule has 2 aromatic carbocycles. The molecule has 3 nitrogen and oxygen atoms in total. The van der Waals surface area contributed by atoms with E-state index in [4.69, 9.17) is 4.74 Å². The smallest absolute Gasteiger partial charge is 0.357 e. The van der Waals surface area contributed by atoms with E-state index in [1.165, 1.54) is 0 Å². The number of aromatic nitrogens is 1. The Hall–Kier alpha value is -2.94. The third kappa shape index (κ3) is 2.50. The van der Waals surface area contributed by atoms with Crippen LogP contribution in [-0.2, 0) is 11.2 Å². The van der Waals surface area contributed by atoms with Gasteiger partial charge in [0.25, 0.3) is 0 Å². The average molecular weight is 301 g/mol. The largest absolute Gasteiger partial charge is 0.461 e. The van der Waals surface area contributed by atoms with Crippen molar-refractivity contribution in [1.82, 2.24) is 4.98 Å². The Bertz CT molecular complexity index is 858. The highest BCUT2D eigenvalue weighted by molar-refractivity contribution is 5.93. The van der Waals surface area contributed by atoms with Crippen LogP contribution in [0.4, 0.5) is 0 Å². The molecule has 0 unspecified atom stereocenters. The highest BCUT2D eigenvalue weighted by Gasteiger charge is 2.23. The number of ether oxygens (including phenoxy) is 1. The number of rotatable bonds is 2. The molecule has 4 rings (SSSR count). The van der Waals surface area contributed by atoms with Gasteiger partial charge in [-0.3, -0.25) is 0 Å². The van der Waals surface area contributed by atoms with Crippen LogP contribution in [0.1, 0.15) is 16.1 Å². The maximum Gasteiger partial charge on any atom is 0.357 e. The zero-order valence-corrected chi connectivity index (χ0v) is 12.5. The molecule has 0 N–H and O–H groups in total. The fraction of sp³-hybridized carbons (Fsp3) is 0.100. The van der Waals surface area contributed by atoms with E-state index in [1.807, 2.05) is 48.5 Å². The Morgan fingerprint density at radius 2 is 1.48 bits per heavy atom. The lowest BCUT2D eigenvalue weighted by Crippen LogP contribution is -2.20. The highest BCUT2D eigenvalue weighted by Crippen LogP contribution is 2.33. The summed E-state index contributed by atoms with van der Waals surface area (Å²) < 4.78 is 5.14. The topological polar surface area (TPSA) is 39.2 Å². The lowest BCUT2D eigenvalue weighted by atomic mass is 9.95. The van der Waals surface area contributed by atoms with Gasteiger partial charge in [0, 0.05) is 17.5 Å². The third-order valence-corrected chi connectivity index (χ3v) is 4.03. The summed E-state index contributed by atoms with van der Waals surface area (Å²) in [5.74, 6) is -0.331. The standard InChI is InChI=1S/C20H15NO2/c22-20-19-16(11-12-23-20)13-17(14-7-3-1-4-8-14)18(21-19)15-9-5-2-6-10-15/h1-10,13H,11-12H2. The van der Waals surface area contributed by atoms with Crippen molar-refractivity contribution in [3.63, 3.8) is 0 Å². The molecule has 0 fully saturated rings. The summed E-state index contributed by atoms with van der Waals surface area (Å²) in [4.78, 5) is 16.7. The number of hydrogen-bond donors (Lipinski definition) is 0. The van der Waals surface area contributed by atoms with E-state index in [2.05, 4.69) is 23.2 Å². The second kappa shape index (κ2) is 5.69. The lowest BCUT2D eigenvalue weighted by molar-refractivity contribution is 0.0472. The van der Waals surface area contributed by atoms with Gasteiger partial charge in [0.1, 0.15) is 0 Å². The number of cyclic esters (lactones) is 1. The van der Waals surface area contributed by atoms with Crippen LogP contribution in [0.15, 0.2) is 66.7 Å². The minimum absolute atomic E-state index is 0.331. The van der Waals surface area contributed by atoms with Crippen molar-refractivity contribution in [2.24, 2.45) is 0 Å². The van der Waals surface area contributed by atoms with Gasteiger partial charge in [0.05, 0.1) is 12.3 Å². The van der Waals surface area contributed by atoms with Crippen molar-refractivity contribution in [2.45, 2.75) is 6.42 Å². The van der Waals surface area contributed by atoms with Crippen LogP contribution in [0.25, 0.3) is 22.4 Å².